The fourth-order valence-electron chi connectivity index (χ4n) is 4.75. The van der Waals surface area contributed by atoms with Crippen LogP contribution in [-0.2, 0) is 6.54 Å². The highest BCUT2D eigenvalue weighted by molar-refractivity contribution is 6.33. The molecule has 2 aromatic carbocycles. The van der Waals surface area contributed by atoms with Crippen LogP contribution in [0.5, 0.6) is 0 Å². The number of carbonyl (C=O) groups is 4. The Labute approximate surface area is 194 Å². The van der Waals surface area contributed by atoms with Crippen LogP contribution in [0.1, 0.15) is 47.0 Å². The standard InChI is InChI=1S/C26H18N4O4/c31-23-17-5-7-19-22-20(26(34)30(25(19)33)14-16-4-2-10-28-12-16)8-6-18(21(17)22)24(32)29(23)13-15-3-1-9-27-11-15/h1-11,28H,12-14H2. The smallest absolute Gasteiger partial charge is 0.261 e. The third-order valence-corrected chi connectivity index (χ3v) is 6.36. The number of imide groups is 2. The summed E-state index contributed by atoms with van der Waals surface area (Å²) in [5.41, 5.74) is 2.86. The molecule has 0 spiro atoms. The Morgan fingerprint density at radius 3 is 1.79 bits per heavy atom. The van der Waals surface area contributed by atoms with E-state index in [9.17, 15) is 19.2 Å². The minimum atomic E-state index is -0.461. The molecule has 0 unspecified atom stereocenters. The molecule has 0 radical (unpaired) electrons. The van der Waals surface area contributed by atoms with Crippen molar-refractivity contribution in [2.24, 2.45) is 0 Å². The zero-order chi connectivity index (χ0) is 23.4. The Hall–Kier alpha value is -4.59. The van der Waals surface area contributed by atoms with Crippen LogP contribution in [0.4, 0.5) is 0 Å². The van der Waals surface area contributed by atoms with E-state index < -0.39 is 23.6 Å². The van der Waals surface area contributed by atoms with Crippen LogP contribution in [0.2, 0.25) is 0 Å². The van der Waals surface area contributed by atoms with Crippen LogP contribution in [0, 0.1) is 0 Å². The lowest BCUT2D eigenvalue weighted by Gasteiger charge is -2.32. The van der Waals surface area contributed by atoms with Crippen molar-refractivity contribution in [3.63, 3.8) is 0 Å². The van der Waals surface area contributed by atoms with Gasteiger partial charge in [0.25, 0.3) is 23.6 Å². The fraction of sp³-hybridized carbons (Fsp3) is 0.115. The summed E-state index contributed by atoms with van der Waals surface area (Å²) in [6.45, 7) is 0.791. The molecule has 0 bridgehead atoms. The molecule has 4 amide bonds. The predicted molar refractivity (Wildman–Crippen MR) is 123 cm³/mol. The largest absolute Gasteiger partial charge is 0.387 e. The van der Waals surface area contributed by atoms with Crippen molar-refractivity contribution < 1.29 is 19.2 Å². The second kappa shape index (κ2) is 7.48. The van der Waals surface area contributed by atoms with E-state index in [4.69, 9.17) is 0 Å². The molecule has 166 valence electrons. The van der Waals surface area contributed by atoms with Crippen LogP contribution in [-0.4, -0.2) is 51.5 Å². The van der Waals surface area contributed by atoms with E-state index in [2.05, 4.69) is 10.3 Å². The van der Waals surface area contributed by atoms with Gasteiger partial charge < -0.3 is 5.32 Å². The maximum Gasteiger partial charge on any atom is 0.261 e. The van der Waals surface area contributed by atoms with Crippen molar-refractivity contribution in [3.8, 4) is 0 Å². The molecule has 0 atom stereocenters. The van der Waals surface area contributed by atoms with Gasteiger partial charge in [-0.1, -0.05) is 12.1 Å². The number of dihydropyridines is 1. The SMILES string of the molecule is O=C1c2ccc3c4c(ccc(c24)C(=O)N1CC1=CC=CNC1)C(=O)N(Cc1cccnc1)C3=O. The van der Waals surface area contributed by atoms with Crippen LogP contribution in [0.25, 0.3) is 10.8 Å². The highest BCUT2D eigenvalue weighted by atomic mass is 16.2. The van der Waals surface area contributed by atoms with Gasteiger partial charge in [0.15, 0.2) is 0 Å². The van der Waals surface area contributed by atoms with Crippen molar-refractivity contribution in [3.05, 3.63) is 101 Å². The van der Waals surface area contributed by atoms with Gasteiger partial charge >= 0.3 is 0 Å². The van der Waals surface area contributed by atoms with Gasteiger partial charge in [0.05, 0.1) is 13.1 Å². The Balaban J connectivity index is 1.45. The lowest BCUT2D eigenvalue weighted by molar-refractivity contribution is 0.0586. The molecular formula is C26H18N4O4. The normalized spacial score (nSPS) is 16.8. The molecule has 8 heteroatoms. The monoisotopic (exact) mass is 450 g/mol. The van der Waals surface area contributed by atoms with E-state index in [-0.39, 0.29) is 13.1 Å². The highest BCUT2D eigenvalue weighted by Gasteiger charge is 2.39. The molecule has 1 N–H and O–H groups in total. The number of pyridine rings is 1. The average molecular weight is 450 g/mol. The number of allylic oxidation sites excluding steroid dienone is 2. The first-order chi connectivity index (χ1) is 16.5. The number of rotatable bonds is 4. The molecule has 3 aliphatic heterocycles. The molecule has 0 fully saturated rings. The molecule has 0 aliphatic carbocycles. The average Bonchev–Trinajstić information content (AvgIpc) is 2.87. The van der Waals surface area contributed by atoms with Gasteiger partial charge in [0, 0.05) is 52.0 Å². The fourth-order valence-corrected chi connectivity index (χ4v) is 4.75. The Morgan fingerprint density at radius 2 is 1.32 bits per heavy atom. The molecule has 3 aliphatic rings. The van der Waals surface area contributed by atoms with E-state index in [0.717, 1.165) is 11.1 Å². The van der Waals surface area contributed by atoms with Crippen molar-refractivity contribution in [1.29, 1.82) is 0 Å². The van der Waals surface area contributed by atoms with Crippen molar-refractivity contribution in [2.45, 2.75) is 6.54 Å². The Kier molecular flexibility index (Phi) is 4.41. The topological polar surface area (TPSA) is 99.7 Å². The predicted octanol–water partition coefficient (Wildman–Crippen LogP) is 2.67. The zero-order valence-electron chi connectivity index (χ0n) is 17.9. The first kappa shape index (κ1) is 20.0. The Bertz CT molecular complexity index is 1420. The molecule has 1 aromatic heterocycles. The van der Waals surface area contributed by atoms with Gasteiger partial charge in [0.2, 0.25) is 0 Å². The second-order valence-electron chi connectivity index (χ2n) is 8.39. The summed E-state index contributed by atoms with van der Waals surface area (Å²) in [5, 5.41) is 3.82. The van der Waals surface area contributed by atoms with Gasteiger partial charge in [-0.2, -0.15) is 0 Å². The van der Waals surface area contributed by atoms with Crippen LogP contribution >= 0.6 is 0 Å². The maximum atomic E-state index is 13.3. The van der Waals surface area contributed by atoms with Gasteiger partial charge in [-0.15, -0.1) is 0 Å². The zero-order valence-corrected chi connectivity index (χ0v) is 17.9. The minimum Gasteiger partial charge on any atom is -0.387 e. The van der Waals surface area contributed by atoms with Gasteiger partial charge in [-0.25, -0.2) is 0 Å². The second-order valence-corrected chi connectivity index (χ2v) is 8.39. The number of hydrogen-bond acceptors (Lipinski definition) is 6. The minimum absolute atomic E-state index is 0.0825. The number of hydrogen-bond donors (Lipinski definition) is 1. The summed E-state index contributed by atoms with van der Waals surface area (Å²) < 4.78 is 0. The quantitative estimate of drug-likeness (QED) is 0.614. The molecular weight excluding hydrogens is 432 g/mol. The number of amides is 4. The first-order valence-corrected chi connectivity index (χ1v) is 10.8. The molecule has 34 heavy (non-hydrogen) atoms. The number of nitrogens with zero attached hydrogens (tertiary/aromatic N) is 3. The van der Waals surface area contributed by atoms with Gasteiger partial charge in [-0.3, -0.25) is 34.0 Å². The van der Waals surface area contributed by atoms with Crippen LogP contribution in [0.15, 0.2) is 72.7 Å². The summed E-state index contributed by atoms with van der Waals surface area (Å²) in [5.74, 6) is -1.79. The molecule has 0 saturated carbocycles. The third kappa shape index (κ3) is 2.88. The first-order valence-electron chi connectivity index (χ1n) is 10.8. The summed E-state index contributed by atoms with van der Waals surface area (Å²) in [6, 6.07) is 9.85. The Morgan fingerprint density at radius 1 is 0.765 bits per heavy atom. The van der Waals surface area contributed by atoms with Crippen molar-refractivity contribution >= 4 is 34.4 Å². The number of carbonyl (C=O) groups excluding carboxylic acids is 4. The lowest BCUT2D eigenvalue weighted by Crippen LogP contribution is -2.44. The summed E-state index contributed by atoms with van der Waals surface area (Å²) in [7, 11) is 0. The molecule has 3 aromatic rings. The van der Waals surface area contributed by atoms with E-state index in [1.54, 1.807) is 55.0 Å². The third-order valence-electron chi connectivity index (χ3n) is 6.36. The number of nitrogens with one attached hydrogen (secondary N) is 1. The van der Waals surface area contributed by atoms with E-state index in [1.807, 2.05) is 12.2 Å². The number of benzene rings is 2. The summed E-state index contributed by atoms with van der Waals surface area (Å²) in [4.78, 5) is 59.8. The molecule has 8 nitrogen and oxygen atoms in total. The van der Waals surface area contributed by atoms with E-state index >= 15 is 0 Å². The van der Waals surface area contributed by atoms with Crippen molar-refractivity contribution in [2.75, 3.05) is 13.1 Å². The van der Waals surface area contributed by atoms with Crippen LogP contribution in [0.3, 0.4) is 0 Å². The lowest BCUT2D eigenvalue weighted by atomic mass is 9.85. The molecule has 6 rings (SSSR count). The van der Waals surface area contributed by atoms with Crippen molar-refractivity contribution in [1.82, 2.24) is 20.1 Å². The van der Waals surface area contributed by atoms with E-state index in [0.29, 0.717) is 39.6 Å². The summed E-state index contributed by atoms with van der Waals surface area (Å²) >= 11 is 0. The maximum absolute atomic E-state index is 13.3. The highest BCUT2D eigenvalue weighted by Crippen LogP contribution is 2.38. The summed E-state index contributed by atoms with van der Waals surface area (Å²) in [6.07, 6.45) is 8.73. The number of aromatic nitrogens is 1. The van der Waals surface area contributed by atoms with E-state index in [1.165, 1.54) is 9.80 Å². The van der Waals surface area contributed by atoms with Crippen LogP contribution < -0.4 is 5.32 Å². The molecule has 4 heterocycles. The van der Waals surface area contributed by atoms with Gasteiger partial charge in [0.1, 0.15) is 0 Å². The molecule has 0 saturated heterocycles. The van der Waals surface area contributed by atoms with Gasteiger partial charge in [-0.05, 0) is 53.7 Å².